The molecule has 22 heavy (non-hydrogen) atoms. The van der Waals surface area contributed by atoms with E-state index in [0.717, 1.165) is 18.0 Å². The summed E-state index contributed by atoms with van der Waals surface area (Å²) < 4.78 is 1.92. The highest BCUT2D eigenvalue weighted by atomic mass is 32.2. The van der Waals surface area contributed by atoms with Crippen LogP contribution in [0.5, 0.6) is 0 Å². The van der Waals surface area contributed by atoms with Gasteiger partial charge in [0.2, 0.25) is 11.1 Å². The molecule has 2 rings (SSSR count). The van der Waals surface area contributed by atoms with Crippen molar-refractivity contribution in [3.63, 3.8) is 0 Å². The number of thioether (sulfide) groups is 1. The van der Waals surface area contributed by atoms with Crippen molar-refractivity contribution < 1.29 is 4.79 Å². The molecule has 0 atom stereocenters. The van der Waals surface area contributed by atoms with Gasteiger partial charge in [0, 0.05) is 12.1 Å². The van der Waals surface area contributed by atoms with E-state index in [9.17, 15) is 4.79 Å². The quantitative estimate of drug-likeness (QED) is 0.753. The largest absolute Gasteiger partial charge is 0.337 e. The SMILES string of the molecule is CC(C)N(C(=O)CSc1nnnn1C1CCCCC1)C(C)C. The summed E-state index contributed by atoms with van der Waals surface area (Å²) in [5, 5.41) is 12.8. The summed E-state index contributed by atoms with van der Waals surface area (Å²) in [6.07, 6.45) is 6.05. The first kappa shape index (κ1) is 17.2. The van der Waals surface area contributed by atoms with E-state index >= 15 is 0 Å². The van der Waals surface area contributed by atoms with Crippen molar-refractivity contribution in [1.82, 2.24) is 25.1 Å². The van der Waals surface area contributed by atoms with E-state index in [1.54, 1.807) is 0 Å². The van der Waals surface area contributed by atoms with Gasteiger partial charge in [-0.2, -0.15) is 0 Å². The number of carbonyl (C=O) groups is 1. The third kappa shape index (κ3) is 4.21. The van der Waals surface area contributed by atoms with Gasteiger partial charge < -0.3 is 4.90 Å². The van der Waals surface area contributed by atoms with Gasteiger partial charge in [-0.3, -0.25) is 4.79 Å². The van der Waals surface area contributed by atoms with Crippen molar-refractivity contribution in [2.24, 2.45) is 0 Å². The normalized spacial score (nSPS) is 16.5. The van der Waals surface area contributed by atoms with E-state index in [1.165, 1.54) is 31.0 Å². The third-order valence-electron chi connectivity index (χ3n) is 4.11. The Bertz CT molecular complexity index is 474. The molecule has 124 valence electrons. The summed E-state index contributed by atoms with van der Waals surface area (Å²) in [6.45, 7) is 8.20. The molecular weight excluding hydrogens is 298 g/mol. The van der Waals surface area contributed by atoms with Gasteiger partial charge in [-0.05, 0) is 51.0 Å². The fraction of sp³-hybridized carbons (Fsp3) is 0.867. The number of rotatable bonds is 6. The van der Waals surface area contributed by atoms with Crippen LogP contribution >= 0.6 is 11.8 Å². The molecule has 0 aliphatic heterocycles. The molecule has 1 aromatic rings. The zero-order valence-electron chi connectivity index (χ0n) is 14.0. The maximum absolute atomic E-state index is 12.4. The summed E-state index contributed by atoms with van der Waals surface area (Å²) >= 11 is 1.45. The fourth-order valence-electron chi connectivity index (χ4n) is 3.21. The smallest absolute Gasteiger partial charge is 0.233 e. The lowest BCUT2D eigenvalue weighted by molar-refractivity contribution is -0.131. The Morgan fingerprint density at radius 2 is 1.86 bits per heavy atom. The van der Waals surface area contributed by atoms with E-state index in [0.29, 0.717) is 11.8 Å². The highest BCUT2D eigenvalue weighted by molar-refractivity contribution is 7.99. The first-order valence-corrected chi connectivity index (χ1v) is 9.21. The minimum atomic E-state index is 0.146. The summed E-state index contributed by atoms with van der Waals surface area (Å²) in [6, 6.07) is 0.817. The second-order valence-corrected chi connectivity index (χ2v) is 7.42. The van der Waals surface area contributed by atoms with Crippen LogP contribution in [0.1, 0.15) is 65.8 Å². The maximum Gasteiger partial charge on any atom is 0.233 e. The Labute approximate surface area is 137 Å². The monoisotopic (exact) mass is 325 g/mol. The average molecular weight is 325 g/mol. The second-order valence-electron chi connectivity index (χ2n) is 6.48. The molecule has 0 radical (unpaired) electrons. The lowest BCUT2D eigenvalue weighted by Gasteiger charge is -2.30. The van der Waals surface area contributed by atoms with Crippen LogP contribution in [0, 0.1) is 0 Å². The van der Waals surface area contributed by atoms with Crippen molar-refractivity contribution in [3.8, 4) is 0 Å². The molecule has 1 fully saturated rings. The van der Waals surface area contributed by atoms with Gasteiger partial charge >= 0.3 is 0 Å². The van der Waals surface area contributed by atoms with Crippen molar-refractivity contribution in [3.05, 3.63) is 0 Å². The number of amides is 1. The van der Waals surface area contributed by atoms with Gasteiger partial charge in [-0.25, -0.2) is 4.68 Å². The summed E-state index contributed by atoms with van der Waals surface area (Å²) in [5.74, 6) is 0.539. The van der Waals surface area contributed by atoms with Crippen LogP contribution in [-0.4, -0.2) is 48.9 Å². The zero-order valence-corrected chi connectivity index (χ0v) is 14.8. The summed E-state index contributed by atoms with van der Waals surface area (Å²) in [4.78, 5) is 14.4. The first-order chi connectivity index (χ1) is 10.5. The Hall–Kier alpha value is -1.11. The summed E-state index contributed by atoms with van der Waals surface area (Å²) in [7, 11) is 0. The number of nitrogens with zero attached hydrogens (tertiary/aromatic N) is 5. The second kappa shape index (κ2) is 7.94. The molecule has 0 unspecified atom stereocenters. The van der Waals surface area contributed by atoms with Gasteiger partial charge in [0.1, 0.15) is 0 Å². The molecule has 1 aliphatic rings. The topological polar surface area (TPSA) is 63.9 Å². The van der Waals surface area contributed by atoms with Crippen molar-refractivity contribution >= 4 is 17.7 Å². The molecule has 0 saturated heterocycles. The fourth-order valence-corrected chi connectivity index (χ4v) is 4.02. The van der Waals surface area contributed by atoms with Crippen LogP contribution in [-0.2, 0) is 4.79 Å². The lowest BCUT2D eigenvalue weighted by Crippen LogP contribution is -2.43. The maximum atomic E-state index is 12.4. The Kier molecular flexibility index (Phi) is 6.23. The molecule has 0 N–H and O–H groups in total. The average Bonchev–Trinajstić information content (AvgIpc) is 2.93. The number of tetrazole rings is 1. The van der Waals surface area contributed by atoms with Crippen LogP contribution < -0.4 is 0 Å². The molecule has 0 spiro atoms. The van der Waals surface area contributed by atoms with Crippen LogP contribution in [0.4, 0.5) is 0 Å². The molecular formula is C15H27N5OS. The van der Waals surface area contributed by atoms with Crippen LogP contribution in [0.15, 0.2) is 5.16 Å². The molecule has 1 amide bonds. The van der Waals surface area contributed by atoms with Crippen molar-refractivity contribution in [2.45, 2.75) is 83.1 Å². The molecule has 7 heteroatoms. The predicted molar refractivity (Wildman–Crippen MR) is 87.8 cm³/mol. The number of carbonyl (C=O) groups excluding carboxylic acids is 1. The van der Waals surface area contributed by atoms with E-state index in [-0.39, 0.29) is 18.0 Å². The molecule has 1 aliphatic carbocycles. The minimum Gasteiger partial charge on any atom is -0.337 e. The lowest BCUT2D eigenvalue weighted by atomic mass is 9.96. The Morgan fingerprint density at radius 1 is 1.23 bits per heavy atom. The zero-order chi connectivity index (χ0) is 16.1. The Balaban J connectivity index is 1.97. The first-order valence-electron chi connectivity index (χ1n) is 8.22. The van der Waals surface area contributed by atoms with Crippen LogP contribution in [0.3, 0.4) is 0 Å². The van der Waals surface area contributed by atoms with Gasteiger partial charge in [0.15, 0.2) is 0 Å². The molecule has 0 aromatic carbocycles. The van der Waals surface area contributed by atoms with E-state index < -0.39 is 0 Å². The Morgan fingerprint density at radius 3 is 2.45 bits per heavy atom. The van der Waals surface area contributed by atoms with E-state index in [4.69, 9.17) is 0 Å². The van der Waals surface area contributed by atoms with Crippen LogP contribution in [0.25, 0.3) is 0 Å². The minimum absolute atomic E-state index is 0.146. The highest BCUT2D eigenvalue weighted by Crippen LogP contribution is 2.30. The number of aromatic nitrogens is 4. The molecule has 1 heterocycles. The highest BCUT2D eigenvalue weighted by Gasteiger charge is 2.23. The van der Waals surface area contributed by atoms with E-state index in [2.05, 4.69) is 43.2 Å². The van der Waals surface area contributed by atoms with E-state index in [1.807, 2.05) is 9.58 Å². The summed E-state index contributed by atoms with van der Waals surface area (Å²) in [5.41, 5.74) is 0. The van der Waals surface area contributed by atoms with Crippen molar-refractivity contribution in [1.29, 1.82) is 0 Å². The van der Waals surface area contributed by atoms with Crippen molar-refractivity contribution in [2.75, 3.05) is 5.75 Å². The standard InChI is InChI=1S/C15H27N5OS/c1-11(2)19(12(3)4)14(21)10-22-15-16-17-18-20(15)13-8-6-5-7-9-13/h11-13H,5-10H2,1-4H3. The number of hydrogen-bond donors (Lipinski definition) is 0. The van der Waals surface area contributed by atoms with Crippen LogP contribution in [0.2, 0.25) is 0 Å². The third-order valence-corrected chi connectivity index (χ3v) is 5.03. The molecule has 0 bridgehead atoms. The molecule has 1 aromatic heterocycles. The molecule has 1 saturated carbocycles. The van der Waals surface area contributed by atoms with Gasteiger partial charge in [0.25, 0.3) is 0 Å². The molecule has 6 nitrogen and oxygen atoms in total. The van der Waals surface area contributed by atoms with Gasteiger partial charge in [0.05, 0.1) is 11.8 Å². The predicted octanol–water partition coefficient (Wildman–Crippen LogP) is 2.92. The van der Waals surface area contributed by atoms with Gasteiger partial charge in [-0.15, -0.1) is 5.10 Å². The van der Waals surface area contributed by atoms with Gasteiger partial charge in [-0.1, -0.05) is 31.0 Å². The number of hydrogen-bond acceptors (Lipinski definition) is 5.